The highest BCUT2D eigenvalue weighted by Crippen LogP contribution is 2.28. The van der Waals surface area contributed by atoms with Gasteiger partial charge in [-0.2, -0.15) is 0 Å². The average Bonchev–Trinajstić information content (AvgIpc) is 2.79. The zero-order chi connectivity index (χ0) is 15.6. The molecule has 0 saturated carbocycles. The average molecular weight is 303 g/mol. The van der Waals surface area contributed by atoms with Gasteiger partial charge in [0.15, 0.2) is 0 Å². The zero-order valence-electron chi connectivity index (χ0n) is 13.1. The molecule has 5 heteroatoms. The first-order chi connectivity index (χ1) is 9.92. The third-order valence-electron chi connectivity index (χ3n) is 3.42. The second-order valence-electron chi connectivity index (χ2n) is 5.16. The number of nitrogens with zero attached hydrogens (tertiary/aromatic N) is 1. The van der Waals surface area contributed by atoms with Gasteiger partial charge < -0.3 is 10.6 Å². The third kappa shape index (κ3) is 3.42. The van der Waals surface area contributed by atoms with Crippen LogP contribution in [0.3, 0.4) is 0 Å². The highest BCUT2D eigenvalue weighted by atomic mass is 32.1. The highest BCUT2D eigenvalue weighted by Gasteiger charge is 2.14. The molecule has 0 bridgehead atoms. The molecule has 21 heavy (non-hydrogen) atoms. The Labute approximate surface area is 129 Å². The minimum Gasteiger partial charge on any atom is -0.377 e. The third-order valence-corrected chi connectivity index (χ3v) is 4.68. The van der Waals surface area contributed by atoms with E-state index in [1.54, 1.807) is 18.4 Å². The molecule has 1 unspecified atom stereocenters. The number of hydrogen-bond donors (Lipinski definition) is 2. The first-order valence-electron chi connectivity index (χ1n) is 6.95. The zero-order valence-corrected chi connectivity index (χ0v) is 13.9. The van der Waals surface area contributed by atoms with E-state index in [0.717, 1.165) is 22.0 Å². The topological polar surface area (TPSA) is 54.0 Å². The lowest BCUT2D eigenvalue weighted by Crippen LogP contribution is -2.18. The summed E-state index contributed by atoms with van der Waals surface area (Å²) in [5, 5.41) is 7.23. The standard InChI is InChI=1S/C16H21N3OS/c1-9-8-13(16(20)17-5)6-7-14(9)19-11(3)15-10(2)18-12(4)21-15/h6-8,11,19H,1-5H3,(H,17,20). The van der Waals surface area contributed by atoms with E-state index in [2.05, 4.69) is 22.5 Å². The number of nitrogens with one attached hydrogen (secondary N) is 2. The summed E-state index contributed by atoms with van der Waals surface area (Å²) >= 11 is 1.72. The van der Waals surface area contributed by atoms with Crippen LogP contribution in [0, 0.1) is 20.8 Å². The SMILES string of the molecule is CNC(=O)c1ccc(NC(C)c2sc(C)nc2C)c(C)c1. The van der Waals surface area contributed by atoms with Crippen molar-refractivity contribution in [2.24, 2.45) is 0 Å². The Kier molecular flexibility index (Phi) is 4.63. The molecule has 1 amide bonds. The normalized spacial score (nSPS) is 12.0. The van der Waals surface area contributed by atoms with Crippen molar-refractivity contribution < 1.29 is 4.79 Å². The van der Waals surface area contributed by atoms with Crippen LogP contribution in [0.5, 0.6) is 0 Å². The maximum absolute atomic E-state index is 11.6. The lowest BCUT2D eigenvalue weighted by atomic mass is 10.1. The number of benzene rings is 1. The Balaban J connectivity index is 2.20. The largest absolute Gasteiger partial charge is 0.377 e. The van der Waals surface area contributed by atoms with E-state index in [4.69, 9.17) is 0 Å². The molecule has 4 nitrogen and oxygen atoms in total. The van der Waals surface area contributed by atoms with E-state index in [1.165, 1.54) is 4.88 Å². The molecule has 1 atom stereocenters. The van der Waals surface area contributed by atoms with E-state index in [1.807, 2.05) is 39.0 Å². The van der Waals surface area contributed by atoms with Crippen LogP contribution in [-0.4, -0.2) is 17.9 Å². The maximum Gasteiger partial charge on any atom is 0.251 e. The van der Waals surface area contributed by atoms with E-state index in [9.17, 15) is 4.79 Å². The number of anilines is 1. The fourth-order valence-corrected chi connectivity index (χ4v) is 3.29. The van der Waals surface area contributed by atoms with Gasteiger partial charge >= 0.3 is 0 Å². The maximum atomic E-state index is 11.6. The van der Waals surface area contributed by atoms with Crippen molar-refractivity contribution in [2.75, 3.05) is 12.4 Å². The first kappa shape index (κ1) is 15.5. The van der Waals surface area contributed by atoms with Crippen molar-refractivity contribution in [3.63, 3.8) is 0 Å². The minimum atomic E-state index is -0.0633. The van der Waals surface area contributed by atoms with Crippen LogP contribution in [0.1, 0.15) is 44.5 Å². The van der Waals surface area contributed by atoms with Crippen molar-refractivity contribution in [1.82, 2.24) is 10.3 Å². The van der Waals surface area contributed by atoms with Crippen LogP contribution in [-0.2, 0) is 0 Å². The number of thiazole rings is 1. The van der Waals surface area contributed by atoms with Crippen molar-refractivity contribution in [3.8, 4) is 0 Å². The monoisotopic (exact) mass is 303 g/mol. The number of carbonyl (C=O) groups is 1. The van der Waals surface area contributed by atoms with E-state index >= 15 is 0 Å². The lowest BCUT2D eigenvalue weighted by molar-refractivity contribution is 0.0963. The smallest absolute Gasteiger partial charge is 0.251 e. The number of rotatable bonds is 4. The minimum absolute atomic E-state index is 0.0633. The Hall–Kier alpha value is -1.88. The molecule has 1 aromatic carbocycles. The van der Waals surface area contributed by atoms with Gasteiger partial charge in [-0.05, 0) is 51.5 Å². The van der Waals surface area contributed by atoms with Crippen LogP contribution < -0.4 is 10.6 Å². The molecule has 112 valence electrons. The fourth-order valence-electron chi connectivity index (χ4n) is 2.36. The molecule has 0 saturated heterocycles. The summed E-state index contributed by atoms with van der Waals surface area (Å²) in [6.07, 6.45) is 0. The molecule has 0 aliphatic rings. The molecule has 1 heterocycles. The van der Waals surface area contributed by atoms with Gasteiger partial charge in [0.1, 0.15) is 0 Å². The summed E-state index contributed by atoms with van der Waals surface area (Å²) in [4.78, 5) is 17.4. The highest BCUT2D eigenvalue weighted by molar-refractivity contribution is 7.11. The van der Waals surface area contributed by atoms with Crippen molar-refractivity contribution in [3.05, 3.63) is 44.9 Å². The quantitative estimate of drug-likeness (QED) is 0.907. The Morgan fingerprint density at radius 3 is 2.52 bits per heavy atom. The van der Waals surface area contributed by atoms with Crippen LogP contribution in [0.15, 0.2) is 18.2 Å². The number of hydrogen-bond acceptors (Lipinski definition) is 4. The summed E-state index contributed by atoms with van der Waals surface area (Å²) in [7, 11) is 1.64. The summed E-state index contributed by atoms with van der Waals surface area (Å²) in [5.41, 5.74) is 3.86. The van der Waals surface area contributed by atoms with Crippen LogP contribution in [0.4, 0.5) is 5.69 Å². The number of carbonyl (C=O) groups excluding carboxylic acids is 1. The molecule has 0 aliphatic carbocycles. The summed E-state index contributed by atoms with van der Waals surface area (Å²) < 4.78 is 0. The van der Waals surface area contributed by atoms with Gasteiger partial charge in [-0.25, -0.2) is 4.98 Å². The van der Waals surface area contributed by atoms with E-state index in [0.29, 0.717) is 5.56 Å². The van der Waals surface area contributed by atoms with E-state index in [-0.39, 0.29) is 11.9 Å². The van der Waals surface area contributed by atoms with Gasteiger partial charge in [-0.3, -0.25) is 4.79 Å². The summed E-state index contributed by atoms with van der Waals surface area (Å²) in [6.45, 7) is 8.20. The predicted octanol–water partition coefficient (Wildman–Crippen LogP) is 3.60. The van der Waals surface area contributed by atoms with Crippen LogP contribution >= 0.6 is 11.3 Å². The molecule has 2 N–H and O–H groups in total. The van der Waals surface area contributed by atoms with Gasteiger partial charge in [-0.15, -0.1) is 11.3 Å². The lowest BCUT2D eigenvalue weighted by Gasteiger charge is -2.17. The summed E-state index contributed by atoms with van der Waals surface area (Å²) in [6, 6.07) is 5.89. The number of amides is 1. The molecular formula is C16H21N3OS. The van der Waals surface area contributed by atoms with Gasteiger partial charge in [0, 0.05) is 23.2 Å². The van der Waals surface area contributed by atoms with Gasteiger partial charge in [-0.1, -0.05) is 0 Å². The molecule has 0 aliphatic heterocycles. The second-order valence-corrected chi connectivity index (χ2v) is 6.39. The van der Waals surface area contributed by atoms with Crippen molar-refractivity contribution >= 4 is 22.9 Å². The van der Waals surface area contributed by atoms with Gasteiger partial charge in [0.2, 0.25) is 0 Å². The first-order valence-corrected chi connectivity index (χ1v) is 7.77. The Morgan fingerprint density at radius 1 is 1.29 bits per heavy atom. The van der Waals surface area contributed by atoms with Gasteiger partial charge in [0.05, 0.1) is 16.7 Å². The summed E-state index contributed by atoms with van der Waals surface area (Å²) in [5.74, 6) is -0.0633. The predicted molar refractivity (Wildman–Crippen MR) is 88.2 cm³/mol. The molecule has 0 spiro atoms. The molecule has 2 aromatic rings. The number of aromatic nitrogens is 1. The second kappa shape index (κ2) is 6.26. The van der Waals surface area contributed by atoms with Crippen molar-refractivity contribution in [2.45, 2.75) is 33.7 Å². The van der Waals surface area contributed by atoms with E-state index < -0.39 is 0 Å². The molecule has 0 fully saturated rings. The molecule has 1 aromatic heterocycles. The molecule has 2 rings (SSSR count). The Bertz CT molecular complexity index is 664. The Morgan fingerprint density at radius 2 is 2.00 bits per heavy atom. The molecular weight excluding hydrogens is 282 g/mol. The number of aryl methyl sites for hydroxylation is 3. The fraction of sp³-hybridized carbons (Fsp3) is 0.375. The molecule has 0 radical (unpaired) electrons. The van der Waals surface area contributed by atoms with Crippen molar-refractivity contribution in [1.29, 1.82) is 0 Å². The van der Waals surface area contributed by atoms with Crippen LogP contribution in [0.25, 0.3) is 0 Å². The van der Waals surface area contributed by atoms with Gasteiger partial charge in [0.25, 0.3) is 5.91 Å². The van der Waals surface area contributed by atoms with Crippen LogP contribution in [0.2, 0.25) is 0 Å².